The van der Waals surface area contributed by atoms with Crippen LogP contribution < -0.4 is 10.6 Å². The van der Waals surface area contributed by atoms with E-state index >= 15 is 0 Å². The highest BCUT2D eigenvalue weighted by molar-refractivity contribution is 5.84. The number of amides is 2. The summed E-state index contributed by atoms with van der Waals surface area (Å²) in [7, 11) is 0. The zero-order chi connectivity index (χ0) is 43.6. The fraction of sp³-hybridized carbons (Fsp3) is 0.864. The monoisotopic (exact) mass is 845 g/mol. The number of carboxylic acid groups (broad SMARTS) is 3. The van der Waals surface area contributed by atoms with E-state index in [1.165, 1.54) is 57.8 Å². The molecule has 0 rings (SSSR count). The number of Topliss-reactive ketones (excluding diaryl/α,β-unsaturated/α-hetero) is 1. The number of carbonyl (C=O) groups excluding carboxylic acids is 3. The van der Waals surface area contributed by atoms with Crippen LogP contribution in [0.25, 0.3) is 0 Å². The fourth-order valence-electron chi connectivity index (χ4n) is 6.36. The number of carboxylic acids is 3. The number of carbonyl (C=O) groups is 6. The quantitative estimate of drug-likeness (QED) is 0.0386. The van der Waals surface area contributed by atoms with E-state index in [1.807, 2.05) is 0 Å². The van der Waals surface area contributed by atoms with E-state index in [-0.39, 0.29) is 75.4 Å². The third-order valence-corrected chi connectivity index (χ3v) is 10.1. The molecule has 0 aromatic heterocycles. The molecular formula is C44H80N2O13. The van der Waals surface area contributed by atoms with Gasteiger partial charge >= 0.3 is 17.9 Å². The molecule has 15 heteroatoms. The van der Waals surface area contributed by atoms with Crippen molar-refractivity contribution < 1.29 is 63.0 Å². The van der Waals surface area contributed by atoms with Crippen molar-refractivity contribution >= 4 is 35.5 Å². The van der Waals surface area contributed by atoms with Gasteiger partial charge in [-0.1, -0.05) is 103 Å². The summed E-state index contributed by atoms with van der Waals surface area (Å²) >= 11 is 0. The maximum absolute atomic E-state index is 12.4. The summed E-state index contributed by atoms with van der Waals surface area (Å²) in [6.07, 6.45) is 21.3. The van der Waals surface area contributed by atoms with Crippen LogP contribution in [0.2, 0.25) is 0 Å². The molecule has 0 fully saturated rings. The molecule has 0 aromatic carbocycles. The summed E-state index contributed by atoms with van der Waals surface area (Å²) in [5.74, 6) is -4.22. The molecule has 15 nitrogen and oxygen atoms in total. The van der Waals surface area contributed by atoms with Gasteiger partial charge in [-0.3, -0.25) is 28.8 Å². The van der Waals surface area contributed by atoms with Gasteiger partial charge in [-0.15, -0.1) is 0 Å². The van der Waals surface area contributed by atoms with Gasteiger partial charge in [-0.2, -0.15) is 0 Å². The number of nitrogens with one attached hydrogen (secondary N) is 2. The van der Waals surface area contributed by atoms with E-state index in [9.17, 15) is 33.9 Å². The molecule has 2 atom stereocenters. The number of unbranched alkanes of at least 4 members (excludes halogenated alkanes) is 16. The first kappa shape index (κ1) is 55.9. The zero-order valence-corrected chi connectivity index (χ0v) is 36.3. The molecule has 2 amide bonds. The second-order valence-corrected chi connectivity index (χ2v) is 15.5. The maximum Gasteiger partial charge on any atom is 0.306 e. The topological polar surface area (TPSA) is 224 Å². The van der Waals surface area contributed by atoms with E-state index in [2.05, 4.69) is 10.6 Å². The van der Waals surface area contributed by atoms with E-state index in [1.54, 1.807) is 6.92 Å². The predicted octanol–water partition coefficient (Wildman–Crippen LogP) is 7.11. The van der Waals surface area contributed by atoms with E-state index in [0.29, 0.717) is 59.0 Å². The van der Waals surface area contributed by atoms with E-state index < -0.39 is 23.8 Å². The Kier molecular flexibility index (Phi) is 39.4. The van der Waals surface area contributed by atoms with Crippen LogP contribution in [0, 0.1) is 11.8 Å². The average molecular weight is 845 g/mol. The number of rotatable bonds is 46. The molecule has 0 aromatic rings. The largest absolute Gasteiger partial charge is 0.481 e. The van der Waals surface area contributed by atoms with Gasteiger partial charge < -0.3 is 44.9 Å². The fourth-order valence-corrected chi connectivity index (χ4v) is 6.36. The molecular weight excluding hydrogens is 764 g/mol. The normalized spacial score (nSPS) is 12.2. The number of ether oxygens (including phenoxy) is 4. The Bertz CT molecular complexity index is 1090. The molecule has 344 valence electrons. The Morgan fingerprint density at radius 2 is 0.847 bits per heavy atom. The molecule has 0 aliphatic carbocycles. The lowest BCUT2D eigenvalue weighted by Gasteiger charge is -2.12. The van der Waals surface area contributed by atoms with Gasteiger partial charge in [-0.05, 0) is 32.1 Å². The van der Waals surface area contributed by atoms with Gasteiger partial charge in [0.05, 0.1) is 64.7 Å². The Labute approximate surface area is 353 Å². The first-order valence-electron chi connectivity index (χ1n) is 22.6. The van der Waals surface area contributed by atoms with E-state index in [0.717, 1.165) is 57.8 Å². The smallest absolute Gasteiger partial charge is 0.306 e. The first-order valence-corrected chi connectivity index (χ1v) is 22.6. The summed E-state index contributed by atoms with van der Waals surface area (Å²) in [6.45, 7) is 5.26. The van der Waals surface area contributed by atoms with Gasteiger partial charge in [0.1, 0.15) is 5.78 Å². The molecule has 0 spiro atoms. The SMILES string of the molecule is C[C@@H](CCCCNC(=O)CCOCCOCCOCCOCCNC(=O)CC[C@H](CC(=O)CCCCCCCCCCCCCCCCCCC(=O)O)C(=O)O)C(=O)O. The van der Waals surface area contributed by atoms with Crippen LogP contribution in [0.15, 0.2) is 0 Å². The standard InChI is InChI=1S/C44H80N2O13/c1-37(43(52)53)20-18-19-26-45-41(49)25-28-56-30-32-58-34-35-59-33-31-57-29-27-46-40(48)24-23-38(44(54)55)36-39(47)21-16-14-12-10-8-6-4-2-3-5-7-9-11-13-15-17-22-42(50)51/h37-38H,2-36H2,1H3,(H,45,49)(H,46,48)(H,50,51)(H,52,53)(H,54,55)/t37-,38+/m0/s1. The first-order chi connectivity index (χ1) is 28.5. The molecule has 0 saturated carbocycles. The molecule has 0 unspecified atom stereocenters. The second-order valence-electron chi connectivity index (χ2n) is 15.5. The summed E-state index contributed by atoms with van der Waals surface area (Å²) in [4.78, 5) is 69.5. The molecule has 0 saturated heterocycles. The summed E-state index contributed by atoms with van der Waals surface area (Å²) in [6, 6.07) is 0. The summed E-state index contributed by atoms with van der Waals surface area (Å²) in [5.41, 5.74) is 0. The highest BCUT2D eigenvalue weighted by Crippen LogP contribution is 2.17. The van der Waals surface area contributed by atoms with E-state index in [4.69, 9.17) is 29.2 Å². The van der Waals surface area contributed by atoms with Crippen LogP contribution in [-0.2, 0) is 47.7 Å². The van der Waals surface area contributed by atoms with Crippen molar-refractivity contribution in [3.05, 3.63) is 0 Å². The Morgan fingerprint density at radius 1 is 0.424 bits per heavy atom. The van der Waals surface area contributed by atoms with Crippen LogP contribution in [0.1, 0.15) is 167 Å². The molecule has 5 N–H and O–H groups in total. The van der Waals surface area contributed by atoms with Crippen LogP contribution in [0.3, 0.4) is 0 Å². The van der Waals surface area contributed by atoms with Crippen LogP contribution in [0.4, 0.5) is 0 Å². The lowest BCUT2D eigenvalue weighted by Crippen LogP contribution is -2.29. The average Bonchev–Trinajstić information content (AvgIpc) is 3.19. The zero-order valence-electron chi connectivity index (χ0n) is 36.3. The van der Waals surface area contributed by atoms with Crippen LogP contribution in [0.5, 0.6) is 0 Å². The van der Waals surface area contributed by atoms with Gasteiger partial charge in [-0.25, -0.2) is 0 Å². The third kappa shape index (κ3) is 41.4. The molecule has 0 aliphatic rings. The summed E-state index contributed by atoms with van der Waals surface area (Å²) < 4.78 is 21.7. The van der Waals surface area contributed by atoms with Gasteiger partial charge in [0.25, 0.3) is 0 Å². The number of hydrogen-bond acceptors (Lipinski definition) is 10. The number of ketones is 1. The molecule has 0 bridgehead atoms. The molecule has 0 heterocycles. The lowest BCUT2D eigenvalue weighted by molar-refractivity contribution is -0.144. The predicted molar refractivity (Wildman–Crippen MR) is 225 cm³/mol. The van der Waals surface area contributed by atoms with Crippen molar-refractivity contribution in [2.24, 2.45) is 11.8 Å². The maximum atomic E-state index is 12.4. The molecule has 0 aliphatic heterocycles. The Morgan fingerprint density at radius 3 is 1.32 bits per heavy atom. The minimum atomic E-state index is -1.05. The third-order valence-electron chi connectivity index (χ3n) is 10.1. The molecule has 0 radical (unpaired) electrons. The summed E-state index contributed by atoms with van der Waals surface area (Å²) in [5, 5.41) is 32.6. The van der Waals surface area contributed by atoms with Crippen molar-refractivity contribution in [1.82, 2.24) is 10.6 Å². The Balaban J connectivity index is 3.58. The minimum absolute atomic E-state index is 0.0314. The van der Waals surface area contributed by atoms with Crippen LogP contribution in [-0.4, -0.2) is 117 Å². The van der Waals surface area contributed by atoms with Crippen molar-refractivity contribution in [3.8, 4) is 0 Å². The lowest BCUT2D eigenvalue weighted by atomic mass is 9.94. The van der Waals surface area contributed by atoms with Gasteiger partial charge in [0.2, 0.25) is 11.8 Å². The number of aliphatic carboxylic acids is 3. The van der Waals surface area contributed by atoms with Crippen molar-refractivity contribution in [2.45, 2.75) is 167 Å². The number of hydrogen-bond donors (Lipinski definition) is 5. The Hall–Kier alpha value is -3.14. The van der Waals surface area contributed by atoms with Crippen LogP contribution >= 0.6 is 0 Å². The van der Waals surface area contributed by atoms with Gasteiger partial charge in [0, 0.05) is 45.2 Å². The molecule has 59 heavy (non-hydrogen) atoms. The van der Waals surface area contributed by atoms with Crippen molar-refractivity contribution in [1.29, 1.82) is 0 Å². The van der Waals surface area contributed by atoms with Crippen molar-refractivity contribution in [3.63, 3.8) is 0 Å². The minimum Gasteiger partial charge on any atom is -0.481 e. The highest BCUT2D eigenvalue weighted by atomic mass is 16.6. The highest BCUT2D eigenvalue weighted by Gasteiger charge is 2.22. The van der Waals surface area contributed by atoms with Gasteiger partial charge in [0.15, 0.2) is 0 Å². The van der Waals surface area contributed by atoms with Crippen molar-refractivity contribution in [2.75, 3.05) is 65.9 Å². The second kappa shape index (κ2) is 41.6.